The van der Waals surface area contributed by atoms with Crippen molar-refractivity contribution in [2.24, 2.45) is 0 Å². The Bertz CT molecular complexity index is 987. The lowest BCUT2D eigenvalue weighted by atomic mass is 9.99. The third kappa shape index (κ3) is 3.16. The first-order valence-electron chi connectivity index (χ1n) is 8.46. The van der Waals surface area contributed by atoms with E-state index in [9.17, 15) is 0 Å². The molecule has 4 nitrogen and oxygen atoms in total. The first-order chi connectivity index (χ1) is 12.6. The summed E-state index contributed by atoms with van der Waals surface area (Å²) in [5, 5.41) is 10.1. The van der Waals surface area contributed by atoms with Crippen molar-refractivity contribution in [1.82, 2.24) is 15.0 Å². The van der Waals surface area contributed by atoms with Crippen molar-refractivity contribution >= 4 is 28.3 Å². The average Bonchev–Trinajstić information content (AvgIpc) is 3.07. The molecule has 0 amide bonds. The fraction of sp³-hybridized carbons (Fsp3) is 0.143. The largest absolute Gasteiger partial charge is 0.378 e. The van der Waals surface area contributed by atoms with Crippen LogP contribution < -0.4 is 4.90 Å². The topological polar surface area (TPSA) is 34.0 Å². The molecule has 0 radical (unpaired) electrons. The summed E-state index contributed by atoms with van der Waals surface area (Å²) in [6, 6.07) is 24.1. The Morgan fingerprint density at radius 2 is 1.27 bits per heavy atom. The maximum Gasteiger partial charge on any atom is 0.122 e. The summed E-state index contributed by atoms with van der Waals surface area (Å²) in [6.07, 6.45) is 0. The second-order valence-electron chi connectivity index (χ2n) is 6.45. The summed E-state index contributed by atoms with van der Waals surface area (Å²) in [4.78, 5) is 3.88. The van der Waals surface area contributed by atoms with Gasteiger partial charge in [-0.2, -0.15) is 15.0 Å². The Labute approximate surface area is 157 Å². The normalized spacial score (nSPS) is 12.3. The number of rotatable bonds is 4. The Balaban J connectivity index is 1.84. The van der Waals surface area contributed by atoms with E-state index in [4.69, 9.17) is 21.8 Å². The van der Waals surface area contributed by atoms with Gasteiger partial charge in [-0.25, -0.2) is 0 Å². The number of nitrogens with zero attached hydrogens (tertiary/aromatic N) is 4. The van der Waals surface area contributed by atoms with E-state index < -0.39 is 0 Å². The second-order valence-corrected chi connectivity index (χ2v) is 6.89. The highest BCUT2D eigenvalue weighted by Gasteiger charge is 2.19. The minimum Gasteiger partial charge on any atom is -0.378 e. The molecule has 1 unspecified atom stereocenters. The quantitative estimate of drug-likeness (QED) is 0.523. The Hall–Kier alpha value is -2.85. The van der Waals surface area contributed by atoms with Crippen LogP contribution in [0, 0.1) is 0 Å². The molecule has 4 aromatic rings. The van der Waals surface area contributed by atoms with Crippen molar-refractivity contribution in [3.8, 4) is 0 Å². The van der Waals surface area contributed by atoms with Gasteiger partial charge in [0, 0.05) is 24.8 Å². The molecule has 0 saturated heterocycles. The number of fused-ring (bicyclic) bond motifs is 1. The van der Waals surface area contributed by atoms with Gasteiger partial charge in [0.05, 0.1) is 0 Å². The average molecular weight is 363 g/mol. The number of hydrogen-bond acceptors (Lipinski definition) is 3. The molecule has 0 saturated carbocycles. The van der Waals surface area contributed by atoms with Gasteiger partial charge in [0.15, 0.2) is 0 Å². The van der Waals surface area contributed by atoms with Crippen molar-refractivity contribution in [2.45, 2.75) is 6.04 Å². The molecular formula is C21H19ClN4. The van der Waals surface area contributed by atoms with Gasteiger partial charge in [-0.15, -0.1) is 0 Å². The predicted octanol–water partition coefficient (Wildman–Crippen LogP) is 4.79. The second kappa shape index (κ2) is 6.81. The van der Waals surface area contributed by atoms with Crippen molar-refractivity contribution in [3.63, 3.8) is 0 Å². The van der Waals surface area contributed by atoms with E-state index >= 15 is 0 Å². The summed E-state index contributed by atoms with van der Waals surface area (Å²) in [5.41, 5.74) is 5.14. The zero-order valence-corrected chi connectivity index (χ0v) is 15.4. The first-order valence-corrected chi connectivity index (χ1v) is 8.84. The van der Waals surface area contributed by atoms with Gasteiger partial charge >= 0.3 is 0 Å². The van der Waals surface area contributed by atoms with Crippen LogP contribution in [0.3, 0.4) is 0 Å². The van der Waals surface area contributed by atoms with Gasteiger partial charge in [0.2, 0.25) is 0 Å². The van der Waals surface area contributed by atoms with E-state index in [0.717, 1.165) is 27.8 Å². The van der Waals surface area contributed by atoms with Crippen LogP contribution in [0.1, 0.15) is 17.2 Å². The van der Waals surface area contributed by atoms with Crippen molar-refractivity contribution in [3.05, 3.63) is 88.9 Å². The van der Waals surface area contributed by atoms with Gasteiger partial charge in [0.1, 0.15) is 17.1 Å². The predicted molar refractivity (Wildman–Crippen MR) is 107 cm³/mol. The van der Waals surface area contributed by atoms with Crippen LogP contribution in [0.25, 0.3) is 11.0 Å². The Morgan fingerprint density at radius 3 is 1.77 bits per heavy atom. The molecule has 3 aromatic carbocycles. The van der Waals surface area contributed by atoms with Crippen LogP contribution in [-0.4, -0.2) is 29.1 Å². The smallest absolute Gasteiger partial charge is 0.122 e. The molecule has 0 spiro atoms. The monoisotopic (exact) mass is 362 g/mol. The molecule has 0 fully saturated rings. The van der Waals surface area contributed by atoms with E-state index in [1.54, 1.807) is 4.80 Å². The molecule has 4 rings (SSSR count). The Morgan fingerprint density at radius 1 is 0.769 bits per heavy atom. The number of aromatic nitrogens is 3. The first kappa shape index (κ1) is 16.6. The third-order valence-electron chi connectivity index (χ3n) is 4.44. The molecule has 1 heterocycles. The maximum absolute atomic E-state index is 6.08. The zero-order chi connectivity index (χ0) is 18.1. The van der Waals surface area contributed by atoms with E-state index in [1.807, 2.05) is 62.6 Å². The minimum absolute atomic E-state index is 0.115. The Kier molecular flexibility index (Phi) is 4.35. The molecular weight excluding hydrogens is 344 g/mol. The van der Waals surface area contributed by atoms with Gasteiger partial charge in [-0.1, -0.05) is 48.0 Å². The highest BCUT2D eigenvalue weighted by molar-refractivity contribution is 6.30. The number of hydrogen-bond donors (Lipinski definition) is 0. The van der Waals surface area contributed by atoms with Crippen LogP contribution in [-0.2, 0) is 0 Å². The maximum atomic E-state index is 6.08. The fourth-order valence-electron chi connectivity index (χ4n) is 3.05. The van der Waals surface area contributed by atoms with Crippen molar-refractivity contribution in [1.29, 1.82) is 0 Å². The standard InChI is InChI=1S/C21H19ClN4/c1-25(2)18-13-9-16(10-14-18)21(15-7-11-17(22)12-8-15)26-23-19-5-3-4-6-20(19)24-26/h3-14,21H,1-2H3. The highest BCUT2D eigenvalue weighted by atomic mass is 35.5. The molecule has 0 N–H and O–H groups in total. The minimum atomic E-state index is -0.115. The number of benzene rings is 3. The molecule has 0 aliphatic carbocycles. The van der Waals surface area contributed by atoms with Crippen molar-refractivity contribution < 1.29 is 0 Å². The van der Waals surface area contributed by atoms with Crippen LogP contribution in [0.15, 0.2) is 72.8 Å². The fourth-order valence-corrected chi connectivity index (χ4v) is 3.18. The number of anilines is 1. The van der Waals surface area contributed by atoms with Gasteiger partial charge in [0.25, 0.3) is 0 Å². The van der Waals surface area contributed by atoms with Gasteiger partial charge < -0.3 is 4.90 Å². The van der Waals surface area contributed by atoms with E-state index in [1.165, 1.54) is 0 Å². The summed E-state index contributed by atoms with van der Waals surface area (Å²) >= 11 is 6.08. The summed E-state index contributed by atoms with van der Waals surface area (Å²) in [6.45, 7) is 0. The molecule has 0 bridgehead atoms. The third-order valence-corrected chi connectivity index (χ3v) is 4.70. The molecule has 130 valence electrons. The molecule has 5 heteroatoms. The molecule has 1 aromatic heterocycles. The highest BCUT2D eigenvalue weighted by Crippen LogP contribution is 2.29. The summed E-state index contributed by atoms with van der Waals surface area (Å²) in [5.74, 6) is 0. The van der Waals surface area contributed by atoms with Crippen LogP contribution >= 0.6 is 11.6 Å². The molecule has 26 heavy (non-hydrogen) atoms. The number of halogens is 1. The van der Waals surface area contributed by atoms with Crippen LogP contribution in [0.2, 0.25) is 5.02 Å². The lowest BCUT2D eigenvalue weighted by Crippen LogP contribution is -2.16. The van der Waals surface area contributed by atoms with E-state index in [-0.39, 0.29) is 6.04 Å². The molecule has 1 atom stereocenters. The lowest BCUT2D eigenvalue weighted by molar-refractivity contribution is 0.526. The SMILES string of the molecule is CN(C)c1ccc(C(c2ccc(Cl)cc2)n2nc3ccccc3n2)cc1. The lowest BCUT2D eigenvalue weighted by Gasteiger charge is -2.19. The van der Waals surface area contributed by atoms with Crippen molar-refractivity contribution in [2.75, 3.05) is 19.0 Å². The summed E-state index contributed by atoms with van der Waals surface area (Å²) < 4.78 is 0. The van der Waals surface area contributed by atoms with E-state index in [2.05, 4.69) is 29.2 Å². The van der Waals surface area contributed by atoms with Gasteiger partial charge in [-0.05, 0) is 47.5 Å². The van der Waals surface area contributed by atoms with Crippen LogP contribution in [0.5, 0.6) is 0 Å². The molecule has 0 aliphatic heterocycles. The molecule has 0 aliphatic rings. The summed E-state index contributed by atoms with van der Waals surface area (Å²) in [7, 11) is 4.07. The zero-order valence-electron chi connectivity index (χ0n) is 14.7. The van der Waals surface area contributed by atoms with Crippen LogP contribution in [0.4, 0.5) is 5.69 Å². The van der Waals surface area contributed by atoms with E-state index in [0.29, 0.717) is 5.02 Å². The van der Waals surface area contributed by atoms with Gasteiger partial charge in [-0.3, -0.25) is 0 Å².